The molecule has 2 atom stereocenters. The fraction of sp³-hybridized carbons (Fsp3) is 0.714. The Balaban J connectivity index is 1.75. The molecule has 3 heteroatoms. The maximum absolute atomic E-state index is 5.57. The molecular formula is C14H24N2O. The van der Waals surface area contributed by atoms with Crippen LogP contribution in [-0.4, -0.2) is 23.8 Å². The van der Waals surface area contributed by atoms with E-state index in [2.05, 4.69) is 42.1 Å². The van der Waals surface area contributed by atoms with Crippen molar-refractivity contribution in [1.29, 1.82) is 0 Å². The molecule has 1 N–H and O–H groups in total. The lowest BCUT2D eigenvalue weighted by Crippen LogP contribution is -2.27. The monoisotopic (exact) mass is 236 g/mol. The summed E-state index contributed by atoms with van der Waals surface area (Å²) in [7, 11) is 0. The van der Waals surface area contributed by atoms with Gasteiger partial charge in [-0.15, -0.1) is 0 Å². The van der Waals surface area contributed by atoms with E-state index >= 15 is 0 Å². The second-order valence-electron chi connectivity index (χ2n) is 4.95. The maximum atomic E-state index is 5.57. The first kappa shape index (κ1) is 12.7. The van der Waals surface area contributed by atoms with Crippen molar-refractivity contribution in [2.75, 3.05) is 13.2 Å². The standard InChI is InChI=1S/C14H24N2O/c1-3-7-16-8-4-5-14(16)11-15-10-13-6-9-17-12(13)2/h4-5,8,12-13,15H,3,6-7,9-11H2,1-2H3. The first-order chi connectivity index (χ1) is 8.31. The van der Waals surface area contributed by atoms with Crippen LogP contribution < -0.4 is 5.32 Å². The molecule has 0 amide bonds. The summed E-state index contributed by atoms with van der Waals surface area (Å²) in [6, 6.07) is 4.34. The summed E-state index contributed by atoms with van der Waals surface area (Å²) in [6.07, 6.45) is 4.98. The Bertz CT molecular complexity index is 335. The van der Waals surface area contributed by atoms with E-state index in [-0.39, 0.29) is 0 Å². The van der Waals surface area contributed by atoms with Crippen LogP contribution in [0.4, 0.5) is 0 Å². The quantitative estimate of drug-likeness (QED) is 0.821. The van der Waals surface area contributed by atoms with E-state index < -0.39 is 0 Å². The summed E-state index contributed by atoms with van der Waals surface area (Å²) < 4.78 is 7.91. The van der Waals surface area contributed by atoms with E-state index in [4.69, 9.17) is 4.74 Å². The third kappa shape index (κ3) is 3.33. The minimum atomic E-state index is 0.421. The zero-order valence-corrected chi connectivity index (χ0v) is 11.0. The third-order valence-corrected chi connectivity index (χ3v) is 3.63. The van der Waals surface area contributed by atoms with Gasteiger partial charge in [-0.1, -0.05) is 6.92 Å². The van der Waals surface area contributed by atoms with Gasteiger partial charge in [0, 0.05) is 38.1 Å². The molecule has 2 rings (SSSR count). The fourth-order valence-electron chi connectivity index (χ4n) is 2.50. The first-order valence-electron chi connectivity index (χ1n) is 6.77. The number of aryl methyl sites for hydroxylation is 1. The number of ether oxygens (including phenoxy) is 1. The lowest BCUT2D eigenvalue weighted by molar-refractivity contribution is 0.105. The Morgan fingerprint density at radius 2 is 2.41 bits per heavy atom. The highest BCUT2D eigenvalue weighted by atomic mass is 16.5. The highest BCUT2D eigenvalue weighted by Crippen LogP contribution is 2.19. The highest BCUT2D eigenvalue weighted by Gasteiger charge is 2.23. The molecule has 0 spiro atoms. The Hall–Kier alpha value is -0.800. The molecule has 0 saturated carbocycles. The lowest BCUT2D eigenvalue weighted by atomic mass is 10.0. The van der Waals surface area contributed by atoms with E-state index in [1.807, 2.05) is 0 Å². The normalized spacial score (nSPS) is 24.4. The summed E-state index contributed by atoms with van der Waals surface area (Å²) in [5, 5.41) is 3.56. The van der Waals surface area contributed by atoms with Gasteiger partial charge in [0.1, 0.15) is 0 Å². The van der Waals surface area contributed by atoms with Crippen molar-refractivity contribution in [1.82, 2.24) is 9.88 Å². The molecule has 17 heavy (non-hydrogen) atoms. The molecule has 1 aromatic rings. The van der Waals surface area contributed by atoms with E-state index in [9.17, 15) is 0 Å². The van der Waals surface area contributed by atoms with Crippen LogP contribution in [0.2, 0.25) is 0 Å². The minimum absolute atomic E-state index is 0.421. The van der Waals surface area contributed by atoms with Gasteiger partial charge in [0.15, 0.2) is 0 Å². The molecule has 2 heterocycles. The molecule has 1 aliphatic rings. The van der Waals surface area contributed by atoms with Crippen LogP contribution in [0.5, 0.6) is 0 Å². The minimum Gasteiger partial charge on any atom is -0.378 e. The molecular weight excluding hydrogens is 212 g/mol. The van der Waals surface area contributed by atoms with Gasteiger partial charge in [0.05, 0.1) is 6.10 Å². The van der Waals surface area contributed by atoms with E-state index in [1.54, 1.807) is 0 Å². The number of hydrogen-bond donors (Lipinski definition) is 1. The predicted octanol–water partition coefficient (Wildman–Crippen LogP) is 2.41. The van der Waals surface area contributed by atoms with Gasteiger partial charge in [-0.25, -0.2) is 0 Å². The highest BCUT2D eigenvalue weighted by molar-refractivity contribution is 5.06. The summed E-state index contributed by atoms with van der Waals surface area (Å²) >= 11 is 0. The van der Waals surface area contributed by atoms with E-state index in [0.717, 1.165) is 26.2 Å². The molecule has 1 saturated heterocycles. The van der Waals surface area contributed by atoms with Gasteiger partial charge in [0.2, 0.25) is 0 Å². The van der Waals surface area contributed by atoms with Gasteiger partial charge in [-0.2, -0.15) is 0 Å². The van der Waals surface area contributed by atoms with Crippen LogP contribution in [0.15, 0.2) is 18.3 Å². The molecule has 2 unspecified atom stereocenters. The summed E-state index contributed by atoms with van der Waals surface area (Å²) in [5.74, 6) is 0.685. The number of nitrogens with zero attached hydrogens (tertiary/aromatic N) is 1. The van der Waals surface area contributed by atoms with E-state index in [1.165, 1.54) is 18.5 Å². The van der Waals surface area contributed by atoms with E-state index in [0.29, 0.717) is 12.0 Å². The fourth-order valence-corrected chi connectivity index (χ4v) is 2.50. The molecule has 0 radical (unpaired) electrons. The van der Waals surface area contributed by atoms with Crippen LogP contribution >= 0.6 is 0 Å². The number of rotatable bonds is 6. The van der Waals surface area contributed by atoms with Crippen molar-refractivity contribution in [2.45, 2.75) is 45.9 Å². The molecule has 1 aliphatic heterocycles. The lowest BCUT2D eigenvalue weighted by Gasteiger charge is -2.15. The molecule has 96 valence electrons. The summed E-state index contributed by atoms with van der Waals surface area (Å²) in [6.45, 7) is 8.48. The van der Waals surface area contributed by atoms with Crippen LogP contribution in [-0.2, 0) is 17.8 Å². The molecule has 3 nitrogen and oxygen atoms in total. The van der Waals surface area contributed by atoms with Crippen molar-refractivity contribution < 1.29 is 4.74 Å². The SMILES string of the molecule is CCCn1cccc1CNCC1CCOC1C. The first-order valence-corrected chi connectivity index (χ1v) is 6.77. The van der Waals surface area contributed by atoms with Crippen molar-refractivity contribution >= 4 is 0 Å². The third-order valence-electron chi connectivity index (χ3n) is 3.63. The Labute approximate surface area is 104 Å². The second kappa shape index (κ2) is 6.22. The Morgan fingerprint density at radius 1 is 1.53 bits per heavy atom. The van der Waals surface area contributed by atoms with Crippen LogP contribution in [0.3, 0.4) is 0 Å². The number of nitrogens with one attached hydrogen (secondary N) is 1. The van der Waals surface area contributed by atoms with Crippen LogP contribution in [0.1, 0.15) is 32.4 Å². The van der Waals surface area contributed by atoms with Gasteiger partial charge in [0.25, 0.3) is 0 Å². The average Bonchev–Trinajstić information content (AvgIpc) is 2.90. The smallest absolute Gasteiger partial charge is 0.0588 e. The van der Waals surface area contributed by atoms with Crippen molar-refractivity contribution in [3.05, 3.63) is 24.0 Å². The average molecular weight is 236 g/mol. The molecule has 1 fully saturated rings. The van der Waals surface area contributed by atoms with Crippen molar-refractivity contribution in [2.24, 2.45) is 5.92 Å². The van der Waals surface area contributed by atoms with Crippen molar-refractivity contribution in [3.8, 4) is 0 Å². The molecule has 1 aromatic heterocycles. The second-order valence-corrected chi connectivity index (χ2v) is 4.95. The molecule has 0 aliphatic carbocycles. The Kier molecular flexibility index (Phi) is 4.63. The number of aromatic nitrogens is 1. The zero-order valence-electron chi connectivity index (χ0n) is 11.0. The Morgan fingerprint density at radius 3 is 3.12 bits per heavy atom. The zero-order chi connectivity index (χ0) is 12.1. The summed E-state index contributed by atoms with van der Waals surface area (Å²) in [5.41, 5.74) is 1.39. The molecule has 0 aromatic carbocycles. The predicted molar refractivity (Wildman–Crippen MR) is 70.0 cm³/mol. The number of hydrogen-bond acceptors (Lipinski definition) is 2. The van der Waals surface area contributed by atoms with Gasteiger partial charge < -0.3 is 14.6 Å². The van der Waals surface area contributed by atoms with Crippen molar-refractivity contribution in [3.63, 3.8) is 0 Å². The van der Waals surface area contributed by atoms with Crippen LogP contribution in [0.25, 0.3) is 0 Å². The van der Waals surface area contributed by atoms with Gasteiger partial charge in [-0.05, 0) is 37.8 Å². The molecule has 0 bridgehead atoms. The maximum Gasteiger partial charge on any atom is 0.0588 e. The van der Waals surface area contributed by atoms with Gasteiger partial charge >= 0.3 is 0 Å². The summed E-state index contributed by atoms with van der Waals surface area (Å²) in [4.78, 5) is 0. The topological polar surface area (TPSA) is 26.2 Å². The van der Waals surface area contributed by atoms with Crippen LogP contribution in [0, 0.1) is 5.92 Å². The van der Waals surface area contributed by atoms with Gasteiger partial charge in [-0.3, -0.25) is 0 Å². The largest absolute Gasteiger partial charge is 0.378 e.